The molecule has 2 aromatic heterocycles. The van der Waals surface area contributed by atoms with E-state index in [1.165, 1.54) is 9.75 Å². The number of aromatic nitrogens is 2. The van der Waals surface area contributed by atoms with E-state index in [2.05, 4.69) is 33.9 Å². The van der Waals surface area contributed by atoms with E-state index in [-0.39, 0.29) is 10.7 Å². The van der Waals surface area contributed by atoms with Gasteiger partial charge in [0, 0.05) is 42.1 Å². The number of aryl methyl sites for hydroxylation is 1. The molecule has 0 saturated carbocycles. The topological polar surface area (TPSA) is 83.1 Å². The standard InChI is InChI=1S/C15H19N3O3S2/c1-3-10-4-5-11(22-10)8-18-7-6-13-12(9-18)14(19)17-15(16-13)23(2,20)21/h4-5H,3,6-9H2,1-2H3,(H,16,17,19). The molecule has 6 nitrogen and oxygen atoms in total. The molecule has 0 unspecified atom stereocenters. The van der Waals surface area contributed by atoms with Gasteiger partial charge >= 0.3 is 0 Å². The summed E-state index contributed by atoms with van der Waals surface area (Å²) in [7, 11) is -3.50. The molecule has 0 atom stereocenters. The molecular formula is C15H19N3O3S2. The van der Waals surface area contributed by atoms with Gasteiger partial charge in [0.2, 0.25) is 15.0 Å². The van der Waals surface area contributed by atoms with Crippen LogP contribution >= 0.6 is 11.3 Å². The van der Waals surface area contributed by atoms with Crippen molar-refractivity contribution in [1.29, 1.82) is 0 Å². The van der Waals surface area contributed by atoms with E-state index in [1.54, 1.807) is 11.3 Å². The van der Waals surface area contributed by atoms with Crippen molar-refractivity contribution in [3.8, 4) is 0 Å². The molecule has 124 valence electrons. The lowest BCUT2D eigenvalue weighted by atomic mass is 10.1. The van der Waals surface area contributed by atoms with Gasteiger partial charge in [0.15, 0.2) is 0 Å². The molecule has 23 heavy (non-hydrogen) atoms. The van der Waals surface area contributed by atoms with Crippen molar-refractivity contribution in [2.75, 3.05) is 12.8 Å². The second-order valence-electron chi connectivity index (χ2n) is 5.75. The van der Waals surface area contributed by atoms with Crippen molar-refractivity contribution in [1.82, 2.24) is 14.9 Å². The lowest BCUT2D eigenvalue weighted by molar-refractivity contribution is 0.243. The summed E-state index contributed by atoms with van der Waals surface area (Å²) >= 11 is 1.80. The summed E-state index contributed by atoms with van der Waals surface area (Å²) in [5.41, 5.74) is 0.835. The van der Waals surface area contributed by atoms with Crippen LogP contribution in [0.25, 0.3) is 0 Å². The molecule has 2 aromatic rings. The molecule has 1 aliphatic heterocycles. The fraction of sp³-hybridized carbons (Fsp3) is 0.467. The minimum absolute atomic E-state index is 0.236. The zero-order valence-electron chi connectivity index (χ0n) is 13.1. The SMILES string of the molecule is CCc1ccc(CN2CCc3nc(S(C)(=O)=O)[nH]c(=O)c3C2)s1. The Kier molecular flexibility index (Phi) is 4.39. The number of nitrogens with one attached hydrogen (secondary N) is 1. The molecule has 0 bridgehead atoms. The lowest BCUT2D eigenvalue weighted by Gasteiger charge is -2.27. The Bertz CT molecular complexity index is 884. The maximum Gasteiger partial charge on any atom is 0.256 e. The molecule has 0 fully saturated rings. The zero-order chi connectivity index (χ0) is 16.6. The fourth-order valence-electron chi connectivity index (χ4n) is 2.69. The van der Waals surface area contributed by atoms with Crippen LogP contribution in [0.3, 0.4) is 0 Å². The van der Waals surface area contributed by atoms with Crippen LogP contribution in [0.1, 0.15) is 27.9 Å². The number of H-pyrrole nitrogens is 1. The maximum absolute atomic E-state index is 12.2. The first-order valence-corrected chi connectivity index (χ1v) is 10.2. The van der Waals surface area contributed by atoms with Gasteiger partial charge in [0.05, 0.1) is 11.3 Å². The van der Waals surface area contributed by atoms with Gasteiger partial charge in [-0.2, -0.15) is 0 Å². The number of sulfone groups is 1. The zero-order valence-corrected chi connectivity index (χ0v) is 14.8. The third-order valence-corrected chi connectivity index (χ3v) is 6.03. The largest absolute Gasteiger partial charge is 0.297 e. The second kappa shape index (κ2) is 6.18. The molecule has 1 aliphatic rings. The number of aromatic amines is 1. The van der Waals surface area contributed by atoms with Crippen LogP contribution in [0, 0.1) is 0 Å². The first kappa shape index (κ1) is 16.4. The van der Waals surface area contributed by atoms with Crippen molar-refractivity contribution >= 4 is 21.2 Å². The molecule has 3 rings (SSSR count). The van der Waals surface area contributed by atoms with E-state index in [0.29, 0.717) is 24.2 Å². The van der Waals surface area contributed by atoms with Crippen molar-refractivity contribution in [2.45, 2.75) is 38.0 Å². The Labute approximate surface area is 139 Å². The van der Waals surface area contributed by atoms with Crippen LogP contribution in [-0.2, 0) is 35.8 Å². The normalized spacial score (nSPS) is 15.6. The monoisotopic (exact) mass is 353 g/mol. The average Bonchev–Trinajstić information content (AvgIpc) is 2.94. The number of nitrogens with zero attached hydrogens (tertiary/aromatic N) is 2. The van der Waals surface area contributed by atoms with Crippen LogP contribution in [-0.4, -0.2) is 36.1 Å². The molecule has 0 aromatic carbocycles. The quantitative estimate of drug-likeness (QED) is 0.839. The Morgan fingerprint density at radius 2 is 2.09 bits per heavy atom. The Balaban J connectivity index is 1.82. The van der Waals surface area contributed by atoms with Gasteiger partial charge in [0.1, 0.15) is 0 Å². The minimum atomic E-state index is -3.50. The molecule has 0 aliphatic carbocycles. The number of fused-ring (bicyclic) bond motifs is 1. The van der Waals surface area contributed by atoms with Crippen molar-refractivity contribution in [3.63, 3.8) is 0 Å². The van der Waals surface area contributed by atoms with Crippen LogP contribution in [0.4, 0.5) is 0 Å². The molecule has 0 spiro atoms. The van der Waals surface area contributed by atoms with E-state index in [4.69, 9.17) is 0 Å². The number of rotatable bonds is 4. The maximum atomic E-state index is 12.2. The molecule has 3 heterocycles. The van der Waals surface area contributed by atoms with Crippen molar-refractivity contribution < 1.29 is 8.42 Å². The summed E-state index contributed by atoms with van der Waals surface area (Å²) < 4.78 is 23.1. The number of thiophene rings is 1. The molecule has 8 heteroatoms. The summed E-state index contributed by atoms with van der Waals surface area (Å²) in [5, 5.41) is -0.236. The van der Waals surface area contributed by atoms with Gasteiger partial charge < -0.3 is 0 Å². The summed E-state index contributed by atoms with van der Waals surface area (Å²) in [6.45, 7) is 4.21. The first-order chi connectivity index (χ1) is 10.9. The molecule has 0 radical (unpaired) electrons. The highest BCUT2D eigenvalue weighted by atomic mass is 32.2. The van der Waals surface area contributed by atoms with E-state index in [0.717, 1.165) is 25.8 Å². The highest BCUT2D eigenvalue weighted by molar-refractivity contribution is 7.90. The molecule has 0 saturated heterocycles. The van der Waals surface area contributed by atoms with Crippen LogP contribution < -0.4 is 5.56 Å². The number of hydrogen-bond donors (Lipinski definition) is 1. The Morgan fingerprint density at radius 3 is 2.74 bits per heavy atom. The molecular weight excluding hydrogens is 334 g/mol. The second-order valence-corrected chi connectivity index (χ2v) is 8.93. The minimum Gasteiger partial charge on any atom is -0.297 e. The predicted octanol–water partition coefficient (Wildman–Crippen LogP) is 1.36. The number of hydrogen-bond acceptors (Lipinski definition) is 6. The third-order valence-electron chi connectivity index (χ3n) is 3.92. The van der Waals surface area contributed by atoms with E-state index in [1.807, 2.05) is 0 Å². The fourth-order valence-corrected chi connectivity index (χ4v) is 4.24. The molecule has 0 amide bonds. The summed E-state index contributed by atoms with van der Waals surface area (Å²) in [6, 6.07) is 4.28. The highest BCUT2D eigenvalue weighted by Crippen LogP contribution is 2.22. The predicted molar refractivity (Wildman–Crippen MR) is 89.5 cm³/mol. The Hall–Kier alpha value is -1.51. The van der Waals surface area contributed by atoms with Gasteiger partial charge in [-0.15, -0.1) is 11.3 Å². The lowest BCUT2D eigenvalue weighted by Crippen LogP contribution is -2.35. The summed E-state index contributed by atoms with van der Waals surface area (Å²) in [6.07, 6.45) is 2.67. The Morgan fingerprint density at radius 1 is 1.35 bits per heavy atom. The van der Waals surface area contributed by atoms with Crippen LogP contribution in [0.15, 0.2) is 22.1 Å². The van der Waals surface area contributed by atoms with Gasteiger partial charge in [-0.1, -0.05) is 6.92 Å². The van der Waals surface area contributed by atoms with Gasteiger partial charge in [-0.3, -0.25) is 14.7 Å². The van der Waals surface area contributed by atoms with Gasteiger partial charge in [0.25, 0.3) is 5.56 Å². The average molecular weight is 353 g/mol. The van der Waals surface area contributed by atoms with Gasteiger partial charge in [-0.05, 0) is 18.6 Å². The van der Waals surface area contributed by atoms with E-state index in [9.17, 15) is 13.2 Å². The van der Waals surface area contributed by atoms with Gasteiger partial charge in [-0.25, -0.2) is 13.4 Å². The van der Waals surface area contributed by atoms with Crippen LogP contribution in [0.5, 0.6) is 0 Å². The van der Waals surface area contributed by atoms with Crippen molar-refractivity contribution in [2.24, 2.45) is 0 Å². The van der Waals surface area contributed by atoms with E-state index >= 15 is 0 Å². The smallest absolute Gasteiger partial charge is 0.256 e. The van der Waals surface area contributed by atoms with E-state index < -0.39 is 9.84 Å². The van der Waals surface area contributed by atoms with Crippen LogP contribution in [0.2, 0.25) is 0 Å². The summed E-state index contributed by atoms with van der Waals surface area (Å²) in [4.78, 5) is 23.6. The summed E-state index contributed by atoms with van der Waals surface area (Å²) in [5.74, 6) is 0. The third kappa shape index (κ3) is 3.54. The first-order valence-electron chi connectivity index (χ1n) is 7.49. The molecule has 1 N–H and O–H groups in total. The highest BCUT2D eigenvalue weighted by Gasteiger charge is 2.23. The van der Waals surface area contributed by atoms with Crippen molar-refractivity contribution in [3.05, 3.63) is 43.5 Å².